The predicted molar refractivity (Wildman–Crippen MR) is 168 cm³/mol. The van der Waals surface area contributed by atoms with E-state index < -0.39 is 29.6 Å². The molecule has 0 bridgehead atoms. The first-order valence-corrected chi connectivity index (χ1v) is 15.0. The molecule has 1 aromatic heterocycles. The second-order valence-electron chi connectivity index (χ2n) is 10.6. The lowest BCUT2D eigenvalue weighted by Gasteiger charge is -2.23. The van der Waals surface area contributed by atoms with Crippen LogP contribution in [0.1, 0.15) is 59.2 Å². The van der Waals surface area contributed by atoms with Crippen LogP contribution < -0.4 is 21.3 Å². The van der Waals surface area contributed by atoms with Crippen molar-refractivity contribution in [3.8, 4) is 0 Å². The maximum Gasteiger partial charge on any atom is 0.416 e. The average molecular weight is 638 g/mol. The summed E-state index contributed by atoms with van der Waals surface area (Å²) in [5.41, 5.74) is 8.81. The number of carboxylic acid groups (broad SMARTS) is 1. The van der Waals surface area contributed by atoms with Crippen molar-refractivity contribution in [1.82, 2.24) is 10.3 Å². The number of hydrogen-bond acceptors (Lipinski definition) is 6. The number of alkyl halides is 3. The molecule has 1 aliphatic carbocycles. The van der Waals surface area contributed by atoms with E-state index in [4.69, 9.17) is 10.8 Å². The summed E-state index contributed by atoms with van der Waals surface area (Å²) in [5.74, 6) is -1.44. The van der Waals surface area contributed by atoms with Crippen LogP contribution in [0.4, 0.5) is 34.5 Å². The number of carbonyl (C=O) groups is 3. The minimum Gasteiger partial charge on any atom is -0.481 e. The number of nitrogens with one attached hydrogen (secondary N) is 2. The molecule has 5 N–H and O–H groups in total. The second kappa shape index (κ2) is 13.4. The van der Waals surface area contributed by atoms with Gasteiger partial charge in [0.05, 0.1) is 34.4 Å². The zero-order valence-corrected chi connectivity index (χ0v) is 24.8. The average Bonchev–Trinajstić information content (AvgIpc) is 3.43. The number of aromatic nitrogens is 1. The number of thiazole rings is 1. The van der Waals surface area contributed by atoms with Crippen molar-refractivity contribution in [2.75, 3.05) is 22.5 Å². The van der Waals surface area contributed by atoms with Crippen molar-refractivity contribution in [3.05, 3.63) is 89.0 Å². The van der Waals surface area contributed by atoms with E-state index in [9.17, 15) is 27.6 Å². The minimum atomic E-state index is -4.60. The van der Waals surface area contributed by atoms with Crippen molar-refractivity contribution in [2.24, 2.45) is 0 Å². The SMILES string of the molecule is Nc1cc(C(F)(F)F)cc2nc(NC(=O)N(Cc3ccc(C(=O)NCCC(=O)O)cc3)c3ccc(C4=CCCCC4)cc3)sc12. The fraction of sp³-hybridized carbons (Fsp3) is 0.250. The number of aliphatic carboxylic acids is 1. The lowest BCUT2D eigenvalue weighted by Crippen LogP contribution is -2.34. The lowest BCUT2D eigenvalue weighted by molar-refractivity contribution is -0.138. The summed E-state index contributed by atoms with van der Waals surface area (Å²) in [6.45, 7) is 0.0890. The molecule has 13 heteroatoms. The van der Waals surface area contributed by atoms with E-state index in [0.29, 0.717) is 21.5 Å². The quantitative estimate of drug-likeness (QED) is 0.142. The van der Waals surface area contributed by atoms with Gasteiger partial charge in [0, 0.05) is 17.8 Å². The van der Waals surface area contributed by atoms with E-state index in [1.807, 2.05) is 24.3 Å². The van der Waals surface area contributed by atoms with E-state index in [1.54, 1.807) is 24.3 Å². The van der Waals surface area contributed by atoms with E-state index in [-0.39, 0.29) is 35.8 Å². The van der Waals surface area contributed by atoms with Gasteiger partial charge in [0.1, 0.15) is 0 Å². The number of halogens is 3. The monoisotopic (exact) mass is 637 g/mol. The zero-order chi connectivity index (χ0) is 32.1. The summed E-state index contributed by atoms with van der Waals surface area (Å²) in [5, 5.41) is 14.1. The zero-order valence-electron chi connectivity index (χ0n) is 24.0. The van der Waals surface area contributed by atoms with E-state index in [1.165, 1.54) is 10.5 Å². The van der Waals surface area contributed by atoms with Gasteiger partial charge in [-0.05, 0) is 78.8 Å². The molecule has 234 valence electrons. The number of carboxylic acids is 1. The van der Waals surface area contributed by atoms with Gasteiger partial charge in [0.2, 0.25) is 0 Å². The normalized spacial score (nSPS) is 13.3. The Morgan fingerprint density at radius 2 is 1.76 bits per heavy atom. The Hall–Kier alpha value is -4.91. The number of benzene rings is 3. The van der Waals surface area contributed by atoms with Crippen LogP contribution in [-0.4, -0.2) is 34.5 Å². The van der Waals surface area contributed by atoms with Gasteiger partial charge in [-0.3, -0.25) is 19.8 Å². The Bertz CT molecular complexity index is 1750. The largest absolute Gasteiger partial charge is 0.481 e. The van der Waals surface area contributed by atoms with E-state index >= 15 is 0 Å². The van der Waals surface area contributed by atoms with Gasteiger partial charge in [-0.1, -0.05) is 41.7 Å². The molecule has 0 saturated heterocycles. The standard InChI is InChI=1S/C32H30F3N5O4S/c33-32(34,35)23-16-25(36)28-26(17-23)38-30(45-28)39-31(44)40(24-12-10-21(11-13-24)20-4-2-1-3-5-20)18-19-6-8-22(9-7-19)29(43)37-15-14-27(41)42/h4,6-13,16-17H,1-3,5,14-15,18,36H2,(H,37,43)(H,41,42)(H,38,39,44). The first-order valence-electron chi connectivity index (χ1n) is 14.2. The highest BCUT2D eigenvalue weighted by atomic mass is 32.1. The number of nitrogens with zero attached hydrogens (tertiary/aromatic N) is 2. The highest BCUT2D eigenvalue weighted by Gasteiger charge is 2.32. The minimum absolute atomic E-state index is 0.00823. The number of fused-ring (bicyclic) bond motifs is 1. The first kappa shape index (κ1) is 31.5. The molecule has 1 heterocycles. The molecule has 5 rings (SSSR count). The van der Waals surface area contributed by atoms with Gasteiger partial charge in [-0.25, -0.2) is 9.78 Å². The number of nitrogen functional groups attached to an aromatic ring is 1. The smallest absolute Gasteiger partial charge is 0.416 e. The molecule has 0 radical (unpaired) electrons. The van der Waals surface area contributed by atoms with Crippen molar-refractivity contribution < 1.29 is 32.7 Å². The number of anilines is 3. The molecule has 0 fully saturated rings. The molecule has 0 spiro atoms. The summed E-state index contributed by atoms with van der Waals surface area (Å²) < 4.78 is 40.3. The van der Waals surface area contributed by atoms with Crippen LogP contribution in [0.2, 0.25) is 0 Å². The summed E-state index contributed by atoms with van der Waals surface area (Å²) in [4.78, 5) is 42.4. The number of urea groups is 1. The van der Waals surface area contributed by atoms with Crippen LogP contribution >= 0.6 is 11.3 Å². The Morgan fingerprint density at radius 3 is 2.40 bits per heavy atom. The predicted octanol–water partition coefficient (Wildman–Crippen LogP) is 7.30. The highest BCUT2D eigenvalue weighted by Crippen LogP contribution is 2.38. The molecule has 0 atom stereocenters. The lowest BCUT2D eigenvalue weighted by atomic mass is 9.93. The molecule has 3 amide bonds. The van der Waals surface area contributed by atoms with Gasteiger partial charge < -0.3 is 16.2 Å². The Labute approximate surface area is 260 Å². The van der Waals surface area contributed by atoms with Crippen LogP contribution in [0.25, 0.3) is 15.8 Å². The maximum atomic E-state index is 13.7. The third-order valence-corrected chi connectivity index (χ3v) is 8.36. The van der Waals surface area contributed by atoms with Crippen molar-refractivity contribution >= 4 is 61.5 Å². The molecule has 1 aliphatic rings. The van der Waals surface area contributed by atoms with E-state index in [0.717, 1.165) is 54.7 Å². The summed E-state index contributed by atoms with van der Waals surface area (Å²) in [6.07, 6.45) is 1.72. The van der Waals surface area contributed by atoms with Crippen molar-refractivity contribution in [1.29, 1.82) is 0 Å². The van der Waals surface area contributed by atoms with Crippen molar-refractivity contribution in [3.63, 3.8) is 0 Å². The third kappa shape index (κ3) is 7.79. The van der Waals surface area contributed by atoms with Gasteiger partial charge in [0.25, 0.3) is 5.91 Å². The molecule has 9 nitrogen and oxygen atoms in total. The molecule has 0 saturated carbocycles. The molecule has 3 aromatic carbocycles. The number of carbonyl (C=O) groups excluding carboxylic acids is 2. The second-order valence-corrected chi connectivity index (χ2v) is 11.6. The maximum absolute atomic E-state index is 13.7. The number of hydrogen-bond donors (Lipinski definition) is 4. The molecule has 0 unspecified atom stereocenters. The Balaban J connectivity index is 1.39. The number of allylic oxidation sites excluding steroid dienone is 2. The molecule has 0 aliphatic heterocycles. The van der Waals surface area contributed by atoms with Gasteiger partial charge >= 0.3 is 18.2 Å². The van der Waals surface area contributed by atoms with Crippen LogP contribution in [0.3, 0.4) is 0 Å². The third-order valence-electron chi connectivity index (χ3n) is 7.33. The van der Waals surface area contributed by atoms with Gasteiger partial charge in [-0.15, -0.1) is 0 Å². The summed E-state index contributed by atoms with van der Waals surface area (Å²) >= 11 is 0.974. The van der Waals surface area contributed by atoms with Crippen LogP contribution in [0, 0.1) is 0 Å². The Morgan fingerprint density at radius 1 is 1.02 bits per heavy atom. The first-order chi connectivity index (χ1) is 21.5. The molecule has 45 heavy (non-hydrogen) atoms. The van der Waals surface area contributed by atoms with E-state index in [2.05, 4.69) is 21.7 Å². The van der Waals surface area contributed by atoms with Crippen LogP contribution in [0.5, 0.6) is 0 Å². The van der Waals surface area contributed by atoms with Crippen LogP contribution in [0.15, 0.2) is 66.7 Å². The summed E-state index contributed by atoms with van der Waals surface area (Å²) in [7, 11) is 0. The highest BCUT2D eigenvalue weighted by molar-refractivity contribution is 7.23. The number of amides is 3. The number of nitrogens with two attached hydrogens (primary N) is 1. The summed E-state index contributed by atoms with van der Waals surface area (Å²) in [6, 6.07) is 15.3. The fourth-order valence-corrected chi connectivity index (χ4v) is 5.86. The molecular weight excluding hydrogens is 607 g/mol. The Kier molecular flexibility index (Phi) is 9.37. The molecule has 4 aromatic rings. The van der Waals surface area contributed by atoms with Gasteiger partial charge in [-0.2, -0.15) is 13.2 Å². The van der Waals surface area contributed by atoms with Crippen molar-refractivity contribution in [2.45, 2.75) is 44.8 Å². The topological polar surface area (TPSA) is 138 Å². The molecular formula is C32H30F3N5O4S. The fourth-order valence-electron chi connectivity index (χ4n) is 5.00. The van der Waals surface area contributed by atoms with Gasteiger partial charge in [0.15, 0.2) is 5.13 Å². The number of rotatable bonds is 9. The van der Waals surface area contributed by atoms with Crippen LogP contribution in [-0.2, 0) is 17.5 Å².